The van der Waals surface area contributed by atoms with Crippen LogP contribution in [0.4, 0.5) is 11.8 Å². The molecule has 18 heavy (non-hydrogen) atoms. The van der Waals surface area contributed by atoms with Gasteiger partial charge >= 0.3 is 0 Å². The number of nitrogens with one attached hydrogen (secondary N) is 2. The summed E-state index contributed by atoms with van der Waals surface area (Å²) in [5.41, 5.74) is 7.96. The van der Waals surface area contributed by atoms with Gasteiger partial charge in [0.05, 0.1) is 11.8 Å². The molecule has 6 heteroatoms. The minimum atomic E-state index is 0.304. The normalized spacial score (nSPS) is 22.8. The Morgan fingerprint density at radius 3 is 3.22 bits per heavy atom. The van der Waals surface area contributed by atoms with E-state index < -0.39 is 0 Å². The summed E-state index contributed by atoms with van der Waals surface area (Å²) in [7, 11) is 0. The third-order valence-electron chi connectivity index (χ3n) is 3.48. The van der Waals surface area contributed by atoms with Gasteiger partial charge < -0.3 is 21.1 Å². The van der Waals surface area contributed by atoms with Crippen molar-refractivity contribution in [2.75, 3.05) is 30.7 Å². The van der Waals surface area contributed by atoms with E-state index in [-0.39, 0.29) is 0 Å². The van der Waals surface area contributed by atoms with Crippen LogP contribution in [0.5, 0.6) is 0 Å². The quantitative estimate of drug-likeness (QED) is 0.714. The average Bonchev–Trinajstić information content (AvgIpc) is 2.89. The van der Waals surface area contributed by atoms with E-state index in [9.17, 15) is 0 Å². The first kappa shape index (κ1) is 11.7. The van der Waals surface area contributed by atoms with Gasteiger partial charge in [-0.25, -0.2) is 4.98 Å². The summed E-state index contributed by atoms with van der Waals surface area (Å²) in [6.07, 6.45) is 3.53. The Morgan fingerprint density at radius 2 is 2.39 bits per heavy atom. The number of fused-ring (bicyclic) bond motifs is 1. The molecule has 1 aromatic rings. The van der Waals surface area contributed by atoms with Gasteiger partial charge in [0.2, 0.25) is 5.95 Å². The lowest BCUT2D eigenvalue weighted by atomic mass is 10.1. The van der Waals surface area contributed by atoms with Crippen LogP contribution in [0, 0.1) is 0 Å². The van der Waals surface area contributed by atoms with Crippen molar-refractivity contribution in [3.05, 3.63) is 11.3 Å². The number of nitrogen functional groups attached to an aromatic ring is 1. The molecule has 1 atom stereocenters. The van der Waals surface area contributed by atoms with Gasteiger partial charge in [-0.05, 0) is 25.8 Å². The van der Waals surface area contributed by atoms with Crippen LogP contribution in [-0.4, -0.2) is 35.8 Å². The monoisotopic (exact) mass is 249 g/mol. The van der Waals surface area contributed by atoms with Crippen molar-refractivity contribution < 1.29 is 4.74 Å². The number of hydrogen-bond acceptors (Lipinski definition) is 6. The van der Waals surface area contributed by atoms with Gasteiger partial charge in [0.1, 0.15) is 5.82 Å². The second-order valence-corrected chi connectivity index (χ2v) is 4.80. The summed E-state index contributed by atoms with van der Waals surface area (Å²) in [5.74, 6) is 1.22. The lowest BCUT2D eigenvalue weighted by Gasteiger charge is -2.20. The van der Waals surface area contributed by atoms with Crippen molar-refractivity contribution in [2.45, 2.75) is 31.9 Å². The van der Waals surface area contributed by atoms with E-state index in [1.165, 1.54) is 5.56 Å². The smallest absolute Gasteiger partial charge is 0.222 e. The molecule has 4 N–H and O–H groups in total. The molecule has 0 bridgehead atoms. The molecule has 0 amide bonds. The van der Waals surface area contributed by atoms with Crippen LogP contribution < -0.4 is 16.4 Å². The molecular weight excluding hydrogens is 230 g/mol. The fourth-order valence-electron chi connectivity index (χ4n) is 2.54. The predicted octanol–water partition coefficient (Wildman–Crippen LogP) is 0.295. The van der Waals surface area contributed by atoms with E-state index in [2.05, 4.69) is 20.6 Å². The Kier molecular flexibility index (Phi) is 3.29. The third-order valence-corrected chi connectivity index (χ3v) is 3.48. The molecule has 0 radical (unpaired) electrons. The van der Waals surface area contributed by atoms with E-state index in [0.29, 0.717) is 12.1 Å². The largest absolute Gasteiger partial charge is 0.376 e. The van der Waals surface area contributed by atoms with Gasteiger partial charge in [-0.2, -0.15) is 4.98 Å². The van der Waals surface area contributed by atoms with Crippen LogP contribution in [-0.2, 0) is 17.7 Å². The lowest BCUT2D eigenvalue weighted by Crippen LogP contribution is -2.28. The van der Waals surface area contributed by atoms with E-state index >= 15 is 0 Å². The number of nitrogens with zero attached hydrogens (tertiary/aromatic N) is 2. The Balaban J connectivity index is 1.75. The number of aromatic nitrogens is 2. The molecule has 0 saturated carbocycles. The fourth-order valence-corrected chi connectivity index (χ4v) is 2.54. The molecular formula is C12H19N5O. The average molecular weight is 249 g/mol. The zero-order valence-corrected chi connectivity index (χ0v) is 10.4. The van der Waals surface area contributed by atoms with Crippen LogP contribution in [0.1, 0.15) is 24.1 Å². The molecule has 1 unspecified atom stereocenters. The Morgan fingerprint density at radius 1 is 1.44 bits per heavy atom. The van der Waals surface area contributed by atoms with E-state index in [1.54, 1.807) is 0 Å². The zero-order valence-electron chi connectivity index (χ0n) is 10.4. The van der Waals surface area contributed by atoms with E-state index in [4.69, 9.17) is 10.5 Å². The minimum absolute atomic E-state index is 0.304. The van der Waals surface area contributed by atoms with Gasteiger partial charge in [0, 0.05) is 25.3 Å². The summed E-state index contributed by atoms with van der Waals surface area (Å²) in [6.45, 7) is 3.42. The van der Waals surface area contributed by atoms with Crippen molar-refractivity contribution in [2.24, 2.45) is 0 Å². The number of nitrogens with two attached hydrogens (primary N) is 1. The van der Waals surface area contributed by atoms with Gasteiger partial charge in [-0.3, -0.25) is 0 Å². The summed E-state index contributed by atoms with van der Waals surface area (Å²) in [5, 5.41) is 6.67. The summed E-state index contributed by atoms with van der Waals surface area (Å²) < 4.78 is 5.60. The number of hydrogen-bond donors (Lipinski definition) is 3. The third kappa shape index (κ3) is 2.39. The second-order valence-electron chi connectivity index (χ2n) is 4.80. The van der Waals surface area contributed by atoms with Crippen LogP contribution in [0.25, 0.3) is 0 Å². The highest BCUT2D eigenvalue weighted by Gasteiger charge is 2.19. The molecule has 0 spiro atoms. The summed E-state index contributed by atoms with van der Waals surface area (Å²) in [4.78, 5) is 8.61. The Bertz CT molecular complexity index is 431. The van der Waals surface area contributed by atoms with Crippen LogP contribution in [0.2, 0.25) is 0 Å². The van der Waals surface area contributed by atoms with Crippen molar-refractivity contribution in [3.8, 4) is 0 Å². The molecule has 2 aliphatic heterocycles. The Labute approximate surface area is 106 Å². The van der Waals surface area contributed by atoms with Gasteiger partial charge in [0.15, 0.2) is 0 Å². The number of anilines is 2. The predicted molar refractivity (Wildman–Crippen MR) is 69.3 cm³/mol. The maximum Gasteiger partial charge on any atom is 0.222 e. The molecule has 98 valence electrons. The number of rotatable bonds is 3. The van der Waals surface area contributed by atoms with E-state index in [1.807, 2.05) is 0 Å². The molecule has 3 heterocycles. The van der Waals surface area contributed by atoms with Gasteiger partial charge in [-0.15, -0.1) is 0 Å². The summed E-state index contributed by atoms with van der Waals surface area (Å²) >= 11 is 0. The zero-order chi connectivity index (χ0) is 12.4. The molecule has 3 rings (SSSR count). The summed E-state index contributed by atoms with van der Waals surface area (Å²) in [6, 6.07) is 0. The first-order valence-electron chi connectivity index (χ1n) is 6.54. The minimum Gasteiger partial charge on any atom is -0.376 e. The highest BCUT2D eigenvalue weighted by atomic mass is 16.5. The second kappa shape index (κ2) is 5.07. The fraction of sp³-hybridized carbons (Fsp3) is 0.667. The standard InChI is InChI=1S/C12H19N5O/c13-12-16-10-7-14-4-3-9(10)11(17-12)15-6-8-2-1-5-18-8/h8,14H,1-7H2,(H3,13,15,16,17). The van der Waals surface area contributed by atoms with Crippen molar-refractivity contribution in [1.29, 1.82) is 0 Å². The molecule has 0 aromatic carbocycles. The van der Waals surface area contributed by atoms with Crippen LogP contribution >= 0.6 is 0 Å². The SMILES string of the molecule is Nc1nc2c(c(NCC3CCCO3)n1)CCNC2. The van der Waals surface area contributed by atoms with Crippen molar-refractivity contribution in [1.82, 2.24) is 15.3 Å². The van der Waals surface area contributed by atoms with Crippen LogP contribution in [0.15, 0.2) is 0 Å². The maximum absolute atomic E-state index is 5.75. The molecule has 2 aliphatic rings. The maximum atomic E-state index is 5.75. The lowest BCUT2D eigenvalue weighted by molar-refractivity contribution is 0.120. The molecule has 1 aromatic heterocycles. The van der Waals surface area contributed by atoms with E-state index in [0.717, 1.165) is 57.0 Å². The Hall–Kier alpha value is -1.40. The molecule has 1 saturated heterocycles. The topological polar surface area (TPSA) is 85.1 Å². The highest BCUT2D eigenvalue weighted by Crippen LogP contribution is 2.21. The van der Waals surface area contributed by atoms with Gasteiger partial charge in [0.25, 0.3) is 0 Å². The van der Waals surface area contributed by atoms with Crippen molar-refractivity contribution >= 4 is 11.8 Å². The molecule has 1 fully saturated rings. The molecule has 0 aliphatic carbocycles. The van der Waals surface area contributed by atoms with Crippen molar-refractivity contribution in [3.63, 3.8) is 0 Å². The molecule has 6 nitrogen and oxygen atoms in total. The van der Waals surface area contributed by atoms with Gasteiger partial charge in [-0.1, -0.05) is 0 Å². The highest BCUT2D eigenvalue weighted by molar-refractivity contribution is 5.50. The number of ether oxygens (including phenoxy) is 1. The first-order chi connectivity index (χ1) is 8.83. The first-order valence-corrected chi connectivity index (χ1v) is 6.54. The van der Waals surface area contributed by atoms with Crippen LogP contribution in [0.3, 0.4) is 0 Å².